The number of nitrogens with zero attached hydrogens (tertiary/aromatic N) is 3. The van der Waals surface area contributed by atoms with E-state index in [2.05, 4.69) is 18.2 Å². The molecule has 1 aliphatic carbocycles. The van der Waals surface area contributed by atoms with Gasteiger partial charge < -0.3 is 14.2 Å². The zero-order chi connectivity index (χ0) is 19.3. The minimum absolute atomic E-state index is 0.328. The second-order valence-electron chi connectivity index (χ2n) is 7.27. The second kappa shape index (κ2) is 5.71. The van der Waals surface area contributed by atoms with Crippen molar-refractivity contribution >= 4 is 5.90 Å². The van der Waals surface area contributed by atoms with Crippen LogP contribution >= 0.6 is 0 Å². The van der Waals surface area contributed by atoms with Crippen molar-refractivity contribution in [2.75, 3.05) is 7.11 Å². The molecule has 4 atom stereocenters. The van der Waals surface area contributed by atoms with Crippen molar-refractivity contribution < 1.29 is 14.2 Å². The van der Waals surface area contributed by atoms with Gasteiger partial charge in [-0.3, -0.25) is 5.41 Å². The number of methoxy groups -OCH3 is 1. The Morgan fingerprint density at radius 2 is 1.96 bits per heavy atom. The van der Waals surface area contributed by atoms with E-state index in [4.69, 9.17) is 19.6 Å². The highest BCUT2D eigenvalue weighted by Gasteiger charge is 2.80. The Morgan fingerprint density at radius 3 is 2.63 bits per heavy atom. The summed E-state index contributed by atoms with van der Waals surface area (Å²) in [5.74, 6) is -1.43. The molecule has 1 saturated carbocycles. The topological polar surface area (TPSA) is 123 Å². The first kappa shape index (κ1) is 17.3. The lowest BCUT2D eigenvalue weighted by Gasteiger charge is -2.51. The lowest BCUT2D eigenvalue weighted by molar-refractivity contribution is -0.294. The van der Waals surface area contributed by atoms with Crippen LogP contribution in [0.15, 0.2) is 24.3 Å². The van der Waals surface area contributed by atoms with Gasteiger partial charge in [0.15, 0.2) is 5.41 Å². The molecule has 2 heterocycles. The number of hydrogen-bond donors (Lipinski definition) is 1. The van der Waals surface area contributed by atoms with E-state index >= 15 is 0 Å². The quantitative estimate of drug-likeness (QED) is 0.861. The van der Waals surface area contributed by atoms with E-state index < -0.39 is 28.6 Å². The number of nitriles is 3. The first-order chi connectivity index (χ1) is 13.0. The van der Waals surface area contributed by atoms with Crippen molar-refractivity contribution in [2.45, 2.75) is 37.6 Å². The van der Waals surface area contributed by atoms with Crippen LogP contribution in [0.25, 0.3) is 0 Å². The lowest BCUT2D eigenvalue weighted by Crippen LogP contribution is -2.60. The zero-order valence-corrected chi connectivity index (χ0v) is 14.9. The molecule has 136 valence electrons. The van der Waals surface area contributed by atoms with Crippen LogP contribution in [0.4, 0.5) is 0 Å². The first-order valence-electron chi connectivity index (χ1n) is 8.87. The fourth-order valence-corrected chi connectivity index (χ4v) is 4.97. The van der Waals surface area contributed by atoms with Crippen LogP contribution in [0, 0.1) is 56.2 Å². The summed E-state index contributed by atoms with van der Waals surface area (Å²) in [5, 5.41) is 38.9. The molecule has 0 aromatic heterocycles. The molecule has 0 radical (unpaired) electrons. The van der Waals surface area contributed by atoms with Crippen LogP contribution in [0.1, 0.15) is 37.4 Å². The second-order valence-corrected chi connectivity index (χ2v) is 7.27. The van der Waals surface area contributed by atoms with Gasteiger partial charge in [-0.2, -0.15) is 15.8 Å². The molecule has 27 heavy (non-hydrogen) atoms. The van der Waals surface area contributed by atoms with E-state index in [1.165, 1.54) is 7.11 Å². The summed E-state index contributed by atoms with van der Waals surface area (Å²) >= 11 is 0. The molecule has 2 bridgehead atoms. The lowest BCUT2D eigenvalue weighted by atomic mass is 9.51. The van der Waals surface area contributed by atoms with E-state index in [1.54, 1.807) is 24.3 Å². The van der Waals surface area contributed by atoms with Crippen molar-refractivity contribution in [3.8, 4) is 24.0 Å². The van der Waals surface area contributed by atoms with Crippen molar-refractivity contribution in [2.24, 2.45) is 16.7 Å². The van der Waals surface area contributed by atoms with Gasteiger partial charge in [0, 0.05) is 6.42 Å². The maximum absolute atomic E-state index is 10.2. The van der Waals surface area contributed by atoms with Crippen molar-refractivity contribution in [1.29, 1.82) is 21.2 Å². The number of nitrogens with one attached hydrogen (secondary N) is 1. The van der Waals surface area contributed by atoms with Gasteiger partial charge in [-0.15, -0.1) is 0 Å². The normalized spacial score (nSPS) is 35.7. The third-order valence-corrected chi connectivity index (χ3v) is 6.21. The van der Waals surface area contributed by atoms with Gasteiger partial charge in [-0.25, -0.2) is 0 Å². The van der Waals surface area contributed by atoms with Crippen molar-refractivity contribution in [3.63, 3.8) is 0 Å². The van der Waals surface area contributed by atoms with Gasteiger partial charge >= 0.3 is 0 Å². The van der Waals surface area contributed by atoms with Crippen LogP contribution in [0.3, 0.4) is 0 Å². The average molecular weight is 362 g/mol. The summed E-state index contributed by atoms with van der Waals surface area (Å²) in [4.78, 5) is 0. The summed E-state index contributed by atoms with van der Waals surface area (Å²) in [7, 11) is 1.53. The number of ether oxygens (including phenoxy) is 3. The minimum Gasteiger partial charge on any atom is -0.497 e. The fourth-order valence-electron chi connectivity index (χ4n) is 4.97. The molecular weight excluding hydrogens is 344 g/mol. The van der Waals surface area contributed by atoms with Crippen LogP contribution in [0.5, 0.6) is 5.75 Å². The number of benzene rings is 1. The smallest absolute Gasteiger partial charge is 0.217 e. The molecule has 4 rings (SSSR count). The zero-order valence-electron chi connectivity index (χ0n) is 14.9. The maximum Gasteiger partial charge on any atom is 0.217 e. The molecule has 0 spiro atoms. The Balaban J connectivity index is 1.99. The van der Waals surface area contributed by atoms with Crippen molar-refractivity contribution in [3.05, 3.63) is 29.8 Å². The molecule has 3 fully saturated rings. The summed E-state index contributed by atoms with van der Waals surface area (Å²) in [6.07, 6.45) is 1.75. The molecular formula is C20H18N4O3. The van der Waals surface area contributed by atoms with Gasteiger partial charge in [0.25, 0.3) is 0 Å². The Hall–Kier alpha value is -3.08. The van der Waals surface area contributed by atoms with Gasteiger partial charge in [-0.05, 0) is 30.5 Å². The Kier molecular flexibility index (Phi) is 3.67. The highest BCUT2D eigenvalue weighted by atomic mass is 16.7. The summed E-state index contributed by atoms with van der Waals surface area (Å²) in [6.45, 7) is 0. The summed E-state index contributed by atoms with van der Waals surface area (Å²) < 4.78 is 17.4. The molecule has 2 aliphatic heterocycles. The monoisotopic (exact) mass is 362 g/mol. The fraction of sp³-hybridized carbons (Fsp3) is 0.500. The molecule has 1 N–H and O–H groups in total. The molecule has 3 aliphatic rings. The average Bonchev–Trinajstić information content (AvgIpc) is 2.92. The van der Waals surface area contributed by atoms with E-state index in [-0.39, 0.29) is 5.90 Å². The molecule has 7 heteroatoms. The summed E-state index contributed by atoms with van der Waals surface area (Å²) in [6, 6.07) is 13.2. The Labute approximate surface area is 157 Å². The van der Waals surface area contributed by atoms with Gasteiger partial charge in [0.1, 0.15) is 11.9 Å². The molecule has 1 aromatic rings. The highest BCUT2D eigenvalue weighted by Crippen LogP contribution is 2.69. The predicted molar refractivity (Wildman–Crippen MR) is 92.0 cm³/mol. The van der Waals surface area contributed by atoms with Crippen LogP contribution < -0.4 is 4.74 Å². The Bertz CT molecular complexity index is 926. The first-order valence-corrected chi connectivity index (χ1v) is 8.87. The largest absolute Gasteiger partial charge is 0.497 e. The molecule has 1 aromatic carbocycles. The third-order valence-electron chi connectivity index (χ3n) is 6.21. The van der Waals surface area contributed by atoms with Gasteiger partial charge in [0.05, 0.1) is 31.2 Å². The van der Waals surface area contributed by atoms with Crippen LogP contribution in [0.2, 0.25) is 0 Å². The number of hydrogen-bond acceptors (Lipinski definition) is 7. The van der Waals surface area contributed by atoms with Crippen LogP contribution in [-0.2, 0) is 9.47 Å². The highest BCUT2D eigenvalue weighted by molar-refractivity contribution is 5.89. The van der Waals surface area contributed by atoms with Crippen molar-refractivity contribution in [1.82, 2.24) is 0 Å². The standard InChI is InChI=1S/C20H18N4O3/c1-25-14-6-4-5-13(9-14)16-18(10-21,11-22)19(12-23)15-7-2-3-8-20(15,26-16)27-17(19)24/h4-6,9,15-16,24H,2-3,7-8H2,1H3/t15-,16+,19+,20-/m1/s1. The molecule has 0 amide bonds. The predicted octanol–water partition coefficient (Wildman–Crippen LogP) is 3.20. The minimum atomic E-state index is -1.90. The van der Waals surface area contributed by atoms with E-state index in [9.17, 15) is 15.8 Å². The van der Waals surface area contributed by atoms with E-state index in [0.717, 1.165) is 12.8 Å². The molecule has 7 nitrogen and oxygen atoms in total. The molecule has 2 saturated heterocycles. The number of rotatable bonds is 2. The van der Waals surface area contributed by atoms with E-state index in [1.807, 2.05) is 0 Å². The van der Waals surface area contributed by atoms with Crippen LogP contribution in [-0.4, -0.2) is 18.8 Å². The molecule has 0 unspecified atom stereocenters. The maximum atomic E-state index is 10.2. The van der Waals surface area contributed by atoms with Gasteiger partial charge in [-0.1, -0.05) is 18.6 Å². The van der Waals surface area contributed by atoms with E-state index in [0.29, 0.717) is 24.2 Å². The Morgan fingerprint density at radius 1 is 1.19 bits per heavy atom. The SMILES string of the molecule is COc1cccc([C@@H]2O[C@@]34CCCC[C@@H]3[C@@](C#N)(C(=N)O4)C2(C#N)C#N)c1. The third kappa shape index (κ3) is 1.89. The summed E-state index contributed by atoms with van der Waals surface area (Å²) in [5.41, 5.74) is -3.00. The van der Waals surface area contributed by atoms with Gasteiger partial charge in [0.2, 0.25) is 17.1 Å².